The fourth-order valence-corrected chi connectivity index (χ4v) is 2.49. The summed E-state index contributed by atoms with van der Waals surface area (Å²) >= 11 is 5.87. The highest BCUT2D eigenvalue weighted by molar-refractivity contribution is 6.30. The molecule has 0 aliphatic heterocycles. The van der Waals surface area contributed by atoms with Gasteiger partial charge in [0.05, 0.1) is 0 Å². The van der Waals surface area contributed by atoms with Crippen LogP contribution in [-0.2, 0) is 11.3 Å². The van der Waals surface area contributed by atoms with Crippen molar-refractivity contribution in [1.29, 1.82) is 0 Å². The Balaban J connectivity index is 1.53. The average molecular weight is 326 g/mol. The molecule has 0 aromatic heterocycles. The van der Waals surface area contributed by atoms with Crippen LogP contribution in [0.2, 0.25) is 5.02 Å². The van der Waals surface area contributed by atoms with Crippen molar-refractivity contribution in [3.8, 4) is 5.75 Å². The van der Waals surface area contributed by atoms with E-state index in [1.165, 1.54) is 5.39 Å². The molecule has 0 atom stereocenters. The molecule has 0 aliphatic rings. The lowest BCUT2D eigenvalue weighted by Gasteiger charge is -2.08. The number of hydrogen-bond donors (Lipinski definition) is 1. The molecule has 1 amide bonds. The van der Waals surface area contributed by atoms with E-state index in [-0.39, 0.29) is 12.5 Å². The number of amides is 1. The van der Waals surface area contributed by atoms with Crippen LogP contribution in [0.15, 0.2) is 66.7 Å². The molecule has 0 radical (unpaired) electrons. The maximum atomic E-state index is 11.9. The number of hydrogen-bond acceptors (Lipinski definition) is 2. The summed E-state index contributed by atoms with van der Waals surface area (Å²) in [5.41, 5.74) is 1.06. The Labute approximate surface area is 139 Å². The SMILES string of the molecule is O=C(COc1cccc(Cl)c1)NCc1ccc2ccccc2c1. The quantitative estimate of drug-likeness (QED) is 0.764. The van der Waals surface area contributed by atoms with Gasteiger partial charge >= 0.3 is 0 Å². The Kier molecular flexibility index (Phi) is 4.79. The molecule has 3 aromatic rings. The minimum atomic E-state index is -0.168. The molecule has 0 bridgehead atoms. The minimum absolute atomic E-state index is 0.0338. The largest absolute Gasteiger partial charge is 0.484 e. The minimum Gasteiger partial charge on any atom is -0.484 e. The van der Waals surface area contributed by atoms with Gasteiger partial charge in [0.2, 0.25) is 0 Å². The molecule has 0 heterocycles. The van der Waals surface area contributed by atoms with Crippen LogP contribution in [0.5, 0.6) is 5.75 Å². The van der Waals surface area contributed by atoms with Crippen LogP contribution in [-0.4, -0.2) is 12.5 Å². The Morgan fingerprint density at radius 3 is 2.61 bits per heavy atom. The van der Waals surface area contributed by atoms with Gasteiger partial charge in [-0.25, -0.2) is 0 Å². The molecule has 23 heavy (non-hydrogen) atoms. The standard InChI is InChI=1S/C19H16ClNO2/c20-17-6-3-7-18(11-17)23-13-19(22)21-12-14-8-9-15-4-1-2-5-16(15)10-14/h1-11H,12-13H2,(H,21,22). The molecule has 0 saturated carbocycles. The Bertz CT molecular complexity index is 832. The number of benzene rings is 3. The zero-order valence-corrected chi connectivity index (χ0v) is 13.2. The fraction of sp³-hybridized carbons (Fsp3) is 0.105. The molecule has 0 fully saturated rings. The summed E-state index contributed by atoms with van der Waals surface area (Å²) in [6.45, 7) is 0.441. The Morgan fingerprint density at radius 1 is 0.957 bits per heavy atom. The third-order valence-corrected chi connectivity index (χ3v) is 3.70. The van der Waals surface area contributed by atoms with Crippen molar-refractivity contribution in [2.24, 2.45) is 0 Å². The summed E-state index contributed by atoms with van der Waals surface area (Å²) in [5, 5.41) is 5.78. The second kappa shape index (κ2) is 7.16. The highest BCUT2D eigenvalue weighted by Crippen LogP contribution is 2.17. The highest BCUT2D eigenvalue weighted by Gasteiger charge is 2.04. The number of ether oxygens (including phenoxy) is 1. The van der Waals surface area contributed by atoms with Crippen molar-refractivity contribution in [2.45, 2.75) is 6.54 Å². The van der Waals surface area contributed by atoms with Gasteiger partial charge in [-0.1, -0.05) is 54.1 Å². The number of carbonyl (C=O) groups is 1. The number of fused-ring (bicyclic) bond motifs is 1. The third kappa shape index (κ3) is 4.24. The first-order valence-electron chi connectivity index (χ1n) is 7.33. The second-order valence-electron chi connectivity index (χ2n) is 5.20. The van der Waals surface area contributed by atoms with E-state index in [2.05, 4.69) is 29.6 Å². The van der Waals surface area contributed by atoms with Crippen LogP contribution in [0.1, 0.15) is 5.56 Å². The lowest BCUT2D eigenvalue weighted by molar-refractivity contribution is -0.123. The molecule has 3 aromatic carbocycles. The van der Waals surface area contributed by atoms with Gasteiger partial charge in [-0.15, -0.1) is 0 Å². The molecule has 0 saturated heterocycles. The molecular weight excluding hydrogens is 310 g/mol. The smallest absolute Gasteiger partial charge is 0.258 e. The first-order chi connectivity index (χ1) is 11.2. The summed E-state index contributed by atoms with van der Waals surface area (Å²) in [4.78, 5) is 11.9. The van der Waals surface area contributed by atoms with E-state index in [0.717, 1.165) is 10.9 Å². The third-order valence-electron chi connectivity index (χ3n) is 3.47. The lowest BCUT2D eigenvalue weighted by Crippen LogP contribution is -2.28. The average Bonchev–Trinajstić information content (AvgIpc) is 2.58. The van der Waals surface area contributed by atoms with E-state index < -0.39 is 0 Å². The van der Waals surface area contributed by atoms with E-state index in [0.29, 0.717) is 17.3 Å². The van der Waals surface area contributed by atoms with Crippen molar-refractivity contribution in [3.05, 3.63) is 77.3 Å². The van der Waals surface area contributed by atoms with Crippen LogP contribution in [0.4, 0.5) is 0 Å². The lowest BCUT2D eigenvalue weighted by atomic mass is 10.1. The summed E-state index contributed by atoms with van der Waals surface area (Å²) in [7, 11) is 0. The number of nitrogens with one attached hydrogen (secondary N) is 1. The molecule has 3 rings (SSSR count). The van der Waals surface area contributed by atoms with Crippen LogP contribution in [0.25, 0.3) is 10.8 Å². The van der Waals surface area contributed by atoms with Crippen LogP contribution in [0, 0.1) is 0 Å². The monoisotopic (exact) mass is 325 g/mol. The van der Waals surface area contributed by atoms with E-state index in [1.807, 2.05) is 18.2 Å². The molecule has 3 nitrogen and oxygen atoms in total. The zero-order chi connectivity index (χ0) is 16.1. The maximum absolute atomic E-state index is 11.9. The Morgan fingerprint density at radius 2 is 1.78 bits per heavy atom. The summed E-state index contributed by atoms with van der Waals surface area (Å²) in [6.07, 6.45) is 0. The van der Waals surface area contributed by atoms with Gasteiger partial charge in [0.1, 0.15) is 5.75 Å². The topological polar surface area (TPSA) is 38.3 Å². The van der Waals surface area contributed by atoms with Gasteiger partial charge in [-0.05, 0) is 40.6 Å². The molecule has 0 aliphatic carbocycles. The van der Waals surface area contributed by atoms with Gasteiger partial charge in [0.15, 0.2) is 6.61 Å². The maximum Gasteiger partial charge on any atom is 0.258 e. The molecule has 0 spiro atoms. The first-order valence-corrected chi connectivity index (χ1v) is 7.71. The first kappa shape index (κ1) is 15.4. The summed E-state index contributed by atoms with van der Waals surface area (Å²) in [5.74, 6) is 0.413. The second-order valence-corrected chi connectivity index (χ2v) is 5.64. The number of halogens is 1. The van der Waals surface area contributed by atoms with Crippen molar-refractivity contribution >= 4 is 28.3 Å². The van der Waals surface area contributed by atoms with Crippen molar-refractivity contribution in [2.75, 3.05) is 6.61 Å². The Hall–Kier alpha value is -2.52. The van der Waals surface area contributed by atoms with Gasteiger partial charge in [-0.3, -0.25) is 4.79 Å². The molecule has 1 N–H and O–H groups in total. The zero-order valence-electron chi connectivity index (χ0n) is 12.5. The van der Waals surface area contributed by atoms with Gasteiger partial charge in [0.25, 0.3) is 5.91 Å². The highest BCUT2D eigenvalue weighted by atomic mass is 35.5. The normalized spacial score (nSPS) is 10.5. The molecule has 116 valence electrons. The predicted molar refractivity (Wildman–Crippen MR) is 92.7 cm³/mol. The van der Waals surface area contributed by atoms with E-state index in [4.69, 9.17) is 16.3 Å². The summed E-state index contributed by atoms with van der Waals surface area (Å²) in [6, 6.07) is 21.3. The van der Waals surface area contributed by atoms with E-state index in [1.54, 1.807) is 24.3 Å². The predicted octanol–water partition coefficient (Wildman–Crippen LogP) is 4.19. The fourth-order valence-electron chi connectivity index (χ4n) is 2.31. The number of carbonyl (C=O) groups excluding carboxylic acids is 1. The summed E-state index contributed by atoms with van der Waals surface area (Å²) < 4.78 is 5.41. The molecule has 4 heteroatoms. The molecular formula is C19H16ClNO2. The van der Waals surface area contributed by atoms with Crippen LogP contribution >= 0.6 is 11.6 Å². The van der Waals surface area contributed by atoms with Crippen LogP contribution in [0.3, 0.4) is 0 Å². The number of rotatable bonds is 5. The van der Waals surface area contributed by atoms with Crippen LogP contribution < -0.4 is 10.1 Å². The van der Waals surface area contributed by atoms with Gasteiger partial charge < -0.3 is 10.1 Å². The van der Waals surface area contributed by atoms with E-state index >= 15 is 0 Å². The van der Waals surface area contributed by atoms with Crippen molar-refractivity contribution in [3.63, 3.8) is 0 Å². The van der Waals surface area contributed by atoms with E-state index in [9.17, 15) is 4.79 Å². The van der Waals surface area contributed by atoms with Gasteiger partial charge in [-0.2, -0.15) is 0 Å². The van der Waals surface area contributed by atoms with Crippen molar-refractivity contribution in [1.82, 2.24) is 5.32 Å². The van der Waals surface area contributed by atoms with Crippen molar-refractivity contribution < 1.29 is 9.53 Å². The van der Waals surface area contributed by atoms with Gasteiger partial charge in [0, 0.05) is 11.6 Å². The molecule has 0 unspecified atom stereocenters.